The van der Waals surface area contributed by atoms with Gasteiger partial charge in [-0.2, -0.15) is 0 Å². The van der Waals surface area contributed by atoms with Gasteiger partial charge in [0.15, 0.2) is 9.84 Å². The van der Waals surface area contributed by atoms with E-state index in [0.29, 0.717) is 5.69 Å². The minimum absolute atomic E-state index is 0.0623. The molecule has 2 aromatic rings. The van der Waals surface area contributed by atoms with Crippen LogP contribution in [0.4, 0.5) is 5.69 Å². The summed E-state index contributed by atoms with van der Waals surface area (Å²) in [5.74, 6) is 0.125. The van der Waals surface area contributed by atoms with E-state index >= 15 is 0 Å². The third kappa shape index (κ3) is 2.80. The number of nitrogen functional groups attached to an aromatic ring is 1. The lowest BCUT2D eigenvalue weighted by atomic mass is 10.1. The van der Waals surface area contributed by atoms with Gasteiger partial charge in [0, 0.05) is 10.1 Å². The molecule has 1 heterocycles. The van der Waals surface area contributed by atoms with E-state index in [-0.39, 0.29) is 15.9 Å². The second-order valence-corrected chi connectivity index (χ2v) is 8.66. The number of nitrogens with two attached hydrogens (primary N) is 1. The van der Waals surface area contributed by atoms with Crippen molar-refractivity contribution in [2.45, 2.75) is 28.4 Å². The summed E-state index contributed by atoms with van der Waals surface area (Å²) in [6.07, 6.45) is 0.797. The fraction of sp³-hybridized carbons (Fsp3) is 0.250. The summed E-state index contributed by atoms with van der Waals surface area (Å²) in [6, 6.07) is 13.3. The Bertz CT molecular complexity index is 760. The fourth-order valence-electron chi connectivity index (χ4n) is 2.61. The Hall–Kier alpha value is -1.46. The molecule has 0 fully saturated rings. The van der Waals surface area contributed by atoms with Gasteiger partial charge in [-0.3, -0.25) is 0 Å². The van der Waals surface area contributed by atoms with Crippen LogP contribution in [0.15, 0.2) is 52.3 Å². The SMILES string of the molecule is Cc1cccc(S(=O)(=O)CC2Cc3ccccc3S2)c1N. The number of aryl methyl sites for hydroxylation is 1. The molecule has 110 valence electrons. The number of para-hydroxylation sites is 1. The molecular formula is C16H17NO2S2. The molecule has 5 heteroatoms. The zero-order chi connectivity index (χ0) is 15.0. The van der Waals surface area contributed by atoms with Crippen molar-refractivity contribution >= 4 is 27.3 Å². The monoisotopic (exact) mass is 319 g/mol. The zero-order valence-electron chi connectivity index (χ0n) is 11.7. The molecule has 2 aromatic carbocycles. The van der Waals surface area contributed by atoms with Gasteiger partial charge in [0.1, 0.15) is 0 Å². The summed E-state index contributed by atoms with van der Waals surface area (Å²) in [5, 5.41) is 0.0623. The van der Waals surface area contributed by atoms with Crippen LogP contribution in [0.2, 0.25) is 0 Å². The predicted molar refractivity (Wildman–Crippen MR) is 87.4 cm³/mol. The van der Waals surface area contributed by atoms with E-state index in [4.69, 9.17) is 5.73 Å². The molecule has 0 radical (unpaired) electrons. The van der Waals surface area contributed by atoms with Gasteiger partial charge in [-0.25, -0.2) is 8.42 Å². The summed E-state index contributed by atoms with van der Waals surface area (Å²) in [5.41, 5.74) is 8.35. The molecule has 0 amide bonds. The first-order valence-electron chi connectivity index (χ1n) is 6.80. The second kappa shape index (κ2) is 5.39. The first kappa shape index (κ1) is 14.5. The topological polar surface area (TPSA) is 60.2 Å². The Morgan fingerprint density at radius 3 is 2.71 bits per heavy atom. The fourth-order valence-corrected chi connectivity index (χ4v) is 6.07. The zero-order valence-corrected chi connectivity index (χ0v) is 13.4. The predicted octanol–water partition coefficient (Wildman–Crippen LogP) is 3.07. The van der Waals surface area contributed by atoms with Gasteiger partial charge >= 0.3 is 0 Å². The van der Waals surface area contributed by atoms with Crippen LogP contribution in [0.3, 0.4) is 0 Å². The van der Waals surface area contributed by atoms with Crippen molar-refractivity contribution in [2.24, 2.45) is 0 Å². The van der Waals surface area contributed by atoms with Gasteiger partial charge in [0.2, 0.25) is 0 Å². The third-order valence-electron chi connectivity index (χ3n) is 3.74. The minimum Gasteiger partial charge on any atom is -0.397 e. The number of fused-ring (bicyclic) bond motifs is 1. The summed E-state index contributed by atoms with van der Waals surface area (Å²) < 4.78 is 25.2. The number of rotatable bonds is 3. The number of benzene rings is 2. The first-order valence-corrected chi connectivity index (χ1v) is 9.33. The van der Waals surface area contributed by atoms with Gasteiger partial charge in [0.05, 0.1) is 16.3 Å². The van der Waals surface area contributed by atoms with Crippen molar-refractivity contribution in [3.05, 3.63) is 53.6 Å². The molecule has 3 rings (SSSR count). The Morgan fingerprint density at radius 2 is 1.95 bits per heavy atom. The number of hydrogen-bond acceptors (Lipinski definition) is 4. The molecule has 1 aliphatic rings. The summed E-state index contributed by atoms with van der Waals surface area (Å²) in [4.78, 5) is 1.45. The standard InChI is InChI=1S/C16H17NO2S2/c1-11-5-4-8-15(16(11)17)21(18,19)10-13-9-12-6-2-3-7-14(12)20-13/h2-8,13H,9-10,17H2,1H3. The minimum atomic E-state index is -3.36. The summed E-state index contributed by atoms with van der Waals surface area (Å²) >= 11 is 1.65. The molecule has 1 atom stereocenters. The molecule has 1 aliphatic heterocycles. The van der Waals surface area contributed by atoms with Gasteiger partial charge in [0.25, 0.3) is 0 Å². The van der Waals surface area contributed by atoms with Gasteiger partial charge < -0.3 is 5.73 Å². The first-order chi connectivity index (χ1) is 9.97. The maximum absolute atomic E-state index is 12.6. The lowest BCUT2D eigenvalue weighted by Gasteiger charge is -2.12. The lowest BCUT2D eigenvalue weighted by molar-refractivity contribution is 0.594. The highest BCUT2D eigenvalue weighted by Crippen LogP contribution is 2.38. The van der Waals surface area contributed by atoms with Crippen LogP contribution in [0.5, 0.6) is 0 Å². The van der Waals surface area contributed by atoms with E-state index < -0.39 is 9.84 Å². The smallest absolute Gasteiger partial charge is 0.181 e. The summed E-state index contributed by atoms with van der Waals surface area (Å²) in [7, 11) is -3.36. The quantitative estimate of drug-likeness (QED) is 0.883. The van der Waals surface area contributed by atoms with Gasteiger partial charge in [-0.15, -0.1) is 11.8 Å². The Balaban J connectivity index is 1.84. The molecule has 0 spiro atoms. The normalized spacial score (nSPS) is 17.7. The van der Waals surface area contributed by atoms with E-state index in [1.54, 1.807) is 23.9 Å². The van der Waals surface area contributed by atoms with E-state index in [9.17, 15) is 8.42 Å². The Kier molecular flexibility index (Phi) is 3.71. The Labute approximate surface area is 129 Å². The van der Waals surface area contributed by atoms with Crippen LogP contribution in [0, 0.1) is 6.92 Å². The molecule has 0 bridgehead atoms. The number of hydrogen-bond donors (Lipinski definition) is 1. The molecule has 0 saturated heterocycles. The highest BCUT2D eigenvalue weighted by Gasteiger charge is 2.29. The number of thioether (sulfide) groups is 1. The summed E-state index contributed by atoms with van der Waals surface area (Å²) in [6.45, 7) is 1.83. The van der Waals surface area contributed by atoms with E-state index in [2.05, 4.69) is 6.07 Å². The van der Waals surface area contributed by atoms with Crippen LogP contribution in [0.1, 0.15) is 11.1 Å². The molecule has 2 N–H and O–H groups in total. The molecule has 0 aromatic heterocycles. The third-order valence-corrected chi connectivity index (χ3v) is 7.14. The van der Waals surface area contributed by atoms with Crippen LogP contribution in [0.25, 0.3) is 0 Å². The van der Waals surface area contributed by atoms with E-state index in [0.717, 1.165) is 12.0 Å². The average molecular weight is 319 g/mol. The molecule has 21 heavy (non-hydrogen) atoms. The highest BCUT2D eigenvalue weighted by atomic mass is 32.2. The van der Waals surface area contributed by atoms with Crippen LogP contribution >= 0.6 is 11.8 Å². The van der Waals surface area contributed by atoms with Crippen molar-refractivity contribution in [1.82, 2.24) is 0 Å². The lowest BCUT2D eigenvalue weighted by Crippen LogP contribution is -2.19. The van der Waals surface area contributed by atoms with Crippen molar-refractivity contribution in [1.29, 1.82) is 0 Å². The van der Waals surface area contributed by atoms with Crippen molar-refractivity contribution < 1.29 is 8.42 Å². The van der Waals surface area contributed by atoms with Crippen molar-refractivity contribution in [3.63, 3.8) is 0 Å². The molecule has 0 aliphatic carbocycles. The van der Waals surface area contributed by atoms with Crippen molar-refractivity contribution in [2.75, 3.05) is 11.5 Å². The van der Waals surface area contributed by atoms with Crippen LogP contribution in [-0.2, 0) is 16.3 Å². The van der Waals surface area contributed by atoms with Gasteiger partial charge in [-0.05, 0) is 36.6 Å². The van der Waals surface area contributed by atoms with Crippen molar-refractivity contribution in [3.8, 4) is 0 Å². The highest BCUT2D eigenvalue weighted by molar-refractivity contribution is 8.01. The second-order valence-electron chi connectivity index (χ2n) is 5.32. The number of sulfone groups is 1. The Morgan fingerprint density at radius 1 is 1.19 bits per heavy atom. The number of anilines is 1. The maximum atomic E-state index is 12.6. The van der Waals surface area contributed by atoms with E-state index in [1.807, 2.05) is 31.2 Å². The average Bonchev–Trinajstić information content (AvgIpc) is 2.82. The molecule has 1 unspecified atom stereocenters. The maximum Gasteiger partial charge on any atom is 0.181 e. The van der Waals surface area contributed by atoms with Crippen LogP contribution < -0.4 is 5.73 Å². The van der Waals surface area contributed by atoms with Crippen LogP contribution in [-0.4, -0.2) is 19.4 Å². The molecule has 0 saturated carbocycles. The largest absolute Gasteiger partial charge is 0.397 e. The molecule has 3 nitrogen and oxygen atoms in total. The van der Waals surface area contributed by atoms with E-state index in [1.165, 1.54) is 10.5 Å². The molecular weight excluding hydrogens is 302 g/mol. The van der Waals surface area contributed by atoms with Gasteiger partial charge in [-0.1, -0.05) is 30.3 Å².